The van der Waals surface area contributed by atoms with Gasteiger partial charge in [0.1, 0.15) is 17.5 Å². The lowest BCUT2D eigenvalue weighted by atomic mass is 9.72. The summed E-state index contributed by atoms with van der Waals surface area (Å²) in [7, 11) is 0. The van der Waals surface area contributed by atoms with E-state index in [1.807, 2.05) is 51.1 Å². The number of piperidine rings is 1. The second-order valence-corrected chi connectivity index (χ2v) is 12.0. The third-order valence-corrected chi connectivity index (χ3v) is 8.94. The van der Waals surface area contributed by atoms with Gasteiger partial charge in [0.25, 0.3) is 0 Å². The minimum Gasteiger partial charge on any atom is -0.329 e. The summed E-state index contributed by atoms with van der Waals surface area (Å²) in [4.78, 5) is 32.6. The molecule has 0 radical (unpaired) electrons. The van der Waals surface area contributed by atoms with Crippen LogP contribution in [0.25, 0.3) is 6.08 Å². The van der Waals surface area contributed by atoms with E-state index in [0.29, 0.717) is 43.6 Å². The zero-order valence-corrected chi connectivity index (χ0v) is 22.4. The Morgan fingerprint density at radius 3 is 2.49 bits per heavy atom. The molecule has 2 amide bonds. The maximum atomic E-state index is 14.1. The van der Waals surface area contributed by atoms with Crippen LogP contribution in [-0.2, 0) is 33.4 Å². The molecule has 3 aromatic rings. The molecule has 1 N–H and O–H groups in total. The number of benzene rings is 2. The average molecular weight is 528 g/mol. The number of carbonyl (C=O) groups excluding carboxylic acids is 2. The molecule has 5 nitrogen and oxygen atoms in total. The molecule has 0 saturated carbocycles. The highest BCUT2D eigenvalue weighted by Gasteiger charge is 2.51. The molecule has 3 aliphatic rings. The molecule has 2 atom stereocenters. The van der Waals surface area contributed by atoms with Crippen molar-refractivity contribution in [2.24, 2.45) is 5.41 Å². The Kier molecular flexibility index (Phi) is 5.75. The van der Waals surface area contributed by atoms with E-state index in [9.17, 15) is 18.4 Å². The molecular weight excluding hydrogens is 496 g/mol. The summed E-state index contributed by atoms with van der Waals surface area (Å²) in [5.74, 6) is -0.705. The number of hydrogen-bond acceptors (Lipinski definition) is 3. The summed E-state index contributed by atoms with van der Waals surface area (Å²) in [6, 6.07) is 13.6. The van der Waals surface area contributed by atoms with E-state index in [1.165, 1.54) is 12.1 Å². The second-order valence-electron chi connectivity index (χ2n) is 12.0. The van der Waals surface area contributed by atoms with Crippen LogP contribution < -0.4 is 5.32 Å². The number of rotatable bonds is 4. The summed E-state index contributed by atoms with van der Waals surface area (Å²) in [5, 5.41) is 2.94. The fraction of sp³-hybridized carbons (Fsp3) is 0.344. The minimum absolute atomic E-state index is 0.0104. The Hall–Kier alpha value is -3.87. The first-order valence-corrected chi connectivity index (χ1v) is 13.4. The van der Waals surface area contributed by atoms with Gasteiger partial charge in [-0.2, -0.15) is 0 Å². The molecule has 200 valence electrons. The van der Waals surface area contributed by atoms with Crippen molar-refractivity contribution in [1.29, 1.82) is 0 Å². The highest BCUT2D eigenvalue weighted by Crippen LogP contribution is 2.47. The number of nitrogens with one attached hydrogen (secondary N) is 1. The molecular formula is C32H31F2N3O2. The van der Waals surface area contributed by atoms with Gasteiger partial charge in [0.2, 0.25) is 11.8 Å². The molecule has 0 unspecified atom stereocenters. The first kappa shape index (κ1) is 25.4. The number of nitrogens with zero attached hydrogens (tertiary/aromatic N) is 2. The summed E-state index contributed by atoms with van der Waals surface area (Å²) < 4.78 is 28.3. The number of carbonyl (C=O) groups is 2. The molecule has 1 saturated heterocycles. The van der Waals surface area contributed by atoms with Gasteiger partial charge in [0.15, 0.2) is 0 Å². The fourth-order valence-electron chi connectivity index (χ4n) is 6.52. The van der Waals surface area contributed by atoms with Crippen LogP contribution in [0, 0.1) is 17.0 Å². The van der Waals surface area contributed by atoms with Crippen molar-refractivity contribution in [3.8, 4) is 0 Å². The molecule has 39 heavy (non-hydrogen) atoms. The van der Waals surface area contributed by atoms with Crippen LogP contribution in [0.1, 0.15) is 61.4 Å². The van der Waals surface area contributed by atoms with Gasteiger partial charge < -0.3 is 10.2 Å². The predicted octanol–water partition coefficient (Wildman–Crippen LogP) is 5.93. The van der Waals surface area contributed by atoms with Crippen molar-refractivity contribution in [2.75, 3.05) is 11.9 Å². The van der Waals surface area contributed by atoms with Crippen molar-refractivity contribution >= 4 is 23.7 Å². The monoisotopic (exact) mass is 527 g/mol. The summed E-state index contributed by atoms with van der Waals surface area (Å²) >= 11 is 0. The van der Waals surface area contributed by atoms with Gasteiger partial charge in [-0.25, -0.2) is 13.8 Å². The average Bonchev–Trinajstić information content (AvgIpc) is 3.40. The van der Waals surface area contributed by atoms with E-state index in [0.717, 1.165) is 28.3 Å². The van der Waals surface area contributed by atoms with Crippen LogP contribution in [-0.4, -0.2) is 28.2 Å². The predicted molar refractivity (Wildman–Crippen MR) is 146 cm³/mol. The van der Waals surface area contributed by atoms with Gasteiger partial charge in [0.05, 0.1) is 11.0 Å². The fourth-order valence-corrected chi connectivity index (χ4v) is 6.52. The zero-order chi connectivity index (χ0) is 27.6. The third-order valence-electron chi connectivity index (χ3n) is 8.94. The molecule has 0 bridgehead atoms. The van der Waals surface area contributed by atoms with Crippen molar-refractivity contribution in [2.45, 2.75) is 57.4 Å². The smallest absolute Gasteiger partial charge is 0.237 e. The molecule has 2 aliphatic heterocycles. The molecule has 2 aromatic carbocycles. The third kappa shape index (κ3) is 4.06. The molecule has 3 heterocycles. The van der Waals surface area contributed by atoms with Crippen LogP contribution in [0.5, 0.6) is 0 Å². The van der Waals surface area contributed by atoms with Gasteiger partial charge in [-0.05, 0) is 73.1 Å². The summed E-state index contributed by atoms with van der Waals surface area (Å²) in [6.45, 7) is 6.03. The quantitative estimate of drug-likeness (QED) is 0.458. The number of fused-ring (bicyclic) bond motifs is 3. The Bertz CT molecular complexity index is 1530. The number of aromatic nitrogens is 1. The lowest BCUT2D eigenvalue weighted by Crippen LogP contribution is -2.56. The topological polar surface area (TPSA) is 62.3 Å². The van der Waals surface area contributed by atoms with Crippen LogP contribution in [0.4, 0.5) is 14.6 Å². The van der Waals surface area contributed by atoms with E-state index in [1.54, 1.807) is 11.1 Å². The number of likely N-dealkylation sites (tertiary alicyclic amines) is 1. The van der Waals surface area contributed by atoms with Crippen LogP contribution in [0.3, 0.4) is 0 Å². The Balaban J connectivity index is 1.26. The Morgan fingerprint density at radius 1 is 0.974 bits per heavy atom. The standard InChI is InChI=1S/C32H31F2N3O2/c1-30(2)10-11-31(3,23-15-24(33)17-25(34)16-23)37(29(30)39)13-5-6-20-8-9-21-18-32(19-22(21)14-20)26-7-4-12-35-27(26)36-28(32)38/h4-9,12,14-17H,10-11,13,18-19H2,1-3H3,(H,35,36,38)/t31-,32+/m0/s1. The first-order valence-electron chi connectivity index (χ1n) is 13.4. The highest BCUT2D eigenvalue weighted by atomic mass is 19.1. The van der Waals surface area contributed by atoms with E-state index >= 15 is 0 Å². The maximum Gasteiger partial charge on any atom is 0.237 e. The normalized spacial score (nSPS) is 25.3. The molecule has 1 aromatic heterocycles. The van der Waals surface area contributed by atoms with Crippen LogP contribution in [0.2, 0.25) is 0 Å². The molecule has 6 rings (SSSR count). The lowest BCUT2D eigenvalue weighted by Gasteiger charge is -2.50. The minimum atomic E-state index is -0.832. The Morgan fingerprint density at radius 2 is 1.72 bits per heavy atom. The molecule has 7 heteroatoms. The largest absolute Gasteiger partial charge is 0.329 e. The van der Waals surface area contributed by atoms with Gasteiger partial charge >= 0.3 is 0 Å². The first-order chi connectivity index (χ1) is 18.5. The highest BCUT2D eigenvalue weighted by molar-refractivity contribution is 6.06. The van der Waals surface area contributed by atoms with Gasteiger partial charge in [-0.15, -0.1) is 0 Å². The summed E-state index contributed by atoms with van der Waals surface area (Å²) in [5.41, 5.74) is 2.63. The van der Waals surface area contributed by atoms with Gasteiger partial charge in [0, 0.05) is 29.8 Å². The molecule has 1 aliphatic carbocycles. The molecule has 1 spiro atoms. The maximum absolute atomic E-state index is 14.1. The van der Waals surface area contributed by atoms with Crippen molar-refractivity contribution < 1.29 is 18.4 Å². The van der Waals surface area contributed by atoms with Gasteiger partial charge in [-0.1, -0.05) is 50.3 Å². The Labute approximate surface area is 226 Å². The second kappa shape index (κ2) is 8.83. The molecule has 1 fully saturated rings. The van der Waals surface area contributed by atoms with Crippen LogP contribution >= 0.6 is 0 Å². The van der Waals surface area contributed by atoms with E-state index in [2.05, 4.69) is 22.4 Å². The zero-order valence-electron chi connectivity index (χ0n) is 22.4. The van der Waals surface area contributed by atoms with E-state index in [-0.39, 0.29) is 11.8 Å². The number of anilines is 1. The van der Waals surface area contributed by atoms with Crippen LogP contribution in [0.15, 0.2) is 60.8 Å². The van der Waals surface area contributed by atoms with Crippen molar-refractivity contribution in [3.05, 3.63) is 100 Å². The lowest BCUT2D eigenvalue weighted by molar-refractivity contribution is -0.153. The van der Waals surface area contributed by atoms with Crippen molar-refractivity contribution in [1.82, 2.24) is 9.88 Å². The number of pyridine rings is 1. The van der Waals surface area contributed by atoms with Gasteiger partial charge in [-0.3, -0.25) is 9.59 Å². The van der Waals surface area contributed by atoms with Crippen molar-refractivity contribution in [3.63, 3.8) is 0 Å². The van der Waals surface area contributed by atoms with E-state index in [4.69, 9.17) is 0 Å². The number of amides is 2. The number of hydrogen-bond donors (Lipinski definition) is 1. The van der Waals surface area contributed by atoms with E-state index < -0.39 is 28.0 Å². The summed E-state index contributed by atoms with van der Waals surface area (Å²) in [6.07, 6.45) is 8.06. The SMILES string of the molecule is CC1(C)CC[C@@](C)(c2cc(F)cc(F)c2)N(CC=Cc2ccc3c(c2)C[C@@]2(C3)C(=O)Nc3ncccc32)C1=O. The number of halogens is 2.